The molecule has 7 heteroatoms. The number of methoxy groups -OCH3 is 1. The van der Waals surface area contributed by atoms with Crippen LogP contribution in [0.25, 0.3) is 11.5 Å². The summed E-state index contributed by atoms with van der Waals surface area (Å²) in [6.07, 6.45) is 0. The maximum absolute atomic E-state index is 5.73. The minimum atomic E-state index is 0.239. The molecule has 0 fully saturated rings. The van der Waals surface area contributed by atoms with Gasteiger partial charge in [-0.15, -0.1) is 10.2 Å². The van der Waals surface area contributed by atoms with Gasteiger partial charge >= 0.3 is 0 Å². The van der Waals surface area contributed by atoms with Gasteiger partial charge in [0.05, 0.1) is 7.11 Å². The highest BCUT2D eigenvalue weighted by molar-refractivity contribution is 7.98. The average Bonchev–Trinajstić information content (AvgIpc) is 3.28. The summed E-state index contributed by atoms with van der Waals surface area (Å²) >= 11 is 1.47. The van der Waals surface area contributed by atoms with E-state index in [4.69, 9.17) is 18.6 Å². The van der Waals surface area contributed by atoms with Crippen molar-refractivity contribution in [3.63, 3.8) is 0 Å². The standard InChI is InChI=1S/C17H14N2O4S/c1-20-13-5-3-2-4-12(13)9-24-17-19-18-16(23-17)11-6-7-14-15(8-11)22-10-21-14/h2-8H,9-10H2,1H3. The first-order valence-corrected chi connectivity index (χ1v) is 8.30. The van der Waals surface area contributed by atoms with Gasteiger partial charge in [0.1, 0.15) is 5.75 Å². The quantitative estimate of drug-likeness (QED) is 0.654. The van der Waals surface area contributed by atoms with Crippen molar-refractivity contribution in [2.24, 2.45) is 0 Å². The molecule has 122 valence electrons. The maximum atomic E-state index is 5.73. The predicted octanol–water partition coefficient (Wildman–Crippen LogP) is 3.77. The lowest BCUT2D eigenvalue weighted by Crippen LogP contribution is -1.92. The summed E-state index contributed by atoms with van der Waals surface area (Å²) in [5.74, 6) is 3.40. The Morgan fingerprint density at radius 1 is 1.08 bits per heavy atom. The van der Waals surface area contributed by atoms with Crippen molar-refractivity contribution < 1.29 is 18.6 Å². The molecule has 2 aromatic carbocycles. The number of ether oxygens (including phenoxy) is 3. The van der Waals surface area contributed by atoms with E-state index in [0.717, 1.165) is 22.6 Å². The first kappa shape index (κ1) is 14.9. The molecule has 0 bridgehead atoms. The molecule has 0 unspecified atom stereocenters. The molecule has 0 N–H and O–H groups in total. The van der Waals surface area contributed by atoms with Gasteiger partial charge in [0, 0.05) is 16.9 Å². The lowest BCUT2D eigenvalue weighted by molar-refractivity contribution is 0.174. The second-order valence-corrected chi connectivity index (χ2v) is 5.97. The van der Waals surface area contributed by atoms with Crippen LogP contribution in [-0.2, 0) is 5.75 Å². The van der Waals surface area contributed by atoms with Crippen molar-refractivity contribution in [3.05, 3.63) is 48.0 Å². The Morgan fingerprint density at radius 3 is 2.88 bits per heavy atom. The largest absolute Gasteiger partial charge is 0.496 e. The highest BCUT2D eigenvalue weighted by Crippen LogP contribution is 2.36. The van der Waals surface area contributed by atoms with E-state index >= 15 is 0 Å². The number of rotatable bonds is 5. The number of fused-ring (bicyclic) bond motifs is 1. The van der Waals surface area contributed by atoms with Crippen LogP contribution in [0.4, 0.5) is 0 Å². The Labute approximate surface area is 142 Å². The van der Waals surface area contributed by atoms with Gasteiger partial charge in [-0.05, 0) is 24.3 Å². The Balaban J connectivity index is 1.49. The smallest absolute Gasteiger partial charge is 0.277 e. The SMILES string of the molecule is COc1ccccc1CSc1nnc(-c2ccc3c(c2)OCO3)o1. The van der Waals surface area contributed by atoms with Crippen LogP contribution in [0.2, 0.25) is 0 Å². The van der Waals surface area contributed by atoms with Gasteiger partial charge in [-0.2, -0.15) is 0 Å². The van der Waals surface area contributed by atoms with Gasteiger partial charge in [-0.3, -0.25) is 0 Å². The van der Waals surface area contributed by atoms with Crippen LogP contribution in [0.5, 0.6) is 17.2 Å². The van der Waals surface area contributed by atoms with E-state index in [0.29, 0.717) is 22.6 Å². The molecule has 3 aromatic rings. The van der Waals surface area contributed by atoms with Gasteiger partial charge in [0.2, 0.25) is 12.7 Å². The predicted molar refractivity (Wildman–Crippen MR) is 88.4 cm³/mol. The maximum Gasteiger partial charge on any atom is 0.277 e. The molecule has 1 aromatic heterocycles. The van der Waals surface area contributed by atoms with Gasteiger partial charge in [0.25, 0.3) is 5.22 Å². The van der Waals surface area contributed by atoms with Crippen LogP contribution < -0.4 is 14.2 Å². The van der Waals surface area contributed by atoms with E-state index < -0.39 is 0 Å². The van der Waals surface area contributed by atoms with Gasteiger partial charge in [-0.1, -0.05) is 30.0 Å². The molecule has 1 aliphatic rings. The van der Waals surface area contributed by atoms with E-state index in [1.54, 1.807) is 7.11 Å². The normalized spacial score (nSPS) is 12.4. The van der Waals surface area contributed by atoms with Crippen molar-refractivity contribution in [2.45, 2.75) is 11.0 Å². The van der Waals surface area contributed by atoms with E-state index in [2.05, 4.69) is 10.2 Å². The van der Waals surface area contributed by atoms with Crippen LogP contribution in [0.1, 0.15) is 5.56 Å². The fourth-order valence-corrected chi connectivity index (χ4v) is 3.13. The monoisotopic (exact) mass is 342 g/mol. The first-order valence-electron chi connectivity index (χ1n) is 7.32. The average molecular weight is 342 g/mol. The Kier molecular flexibility index (Phi) is 4.00. The summed E-state index contributed by atoms with van der Waals surface area (Å²) in [4.78, 5) is 0. The molecule has 0 saturated heterocycles. The molecular weight excluding hydrogens is 328 g/mol. The number of nitrogens with zero attached hydrogens (tertiary/aromatic N) is 2. The van der Waals surface area contributed by atoms with E-state index in [-0.39, 0.29) is 6.79 Å². The summed E-state index contributed by atoms with van der Waals surface area (Å²) in [5, 5.41) is 8.70. The van der Waals surface area contributed by atoms with E-state index in [1.165, 1.54) is 11.8 Å². The second-order valence-electron chi connectivity index (χ2n) is 5.04. The van der Waals surface area contributed by atoms with Crippen molar-refractivity contribution in [2.75, 3.05) is 13.9 Å². The Bertz CT molecular complexity index is 865. The van der Waals surface area contributed by atoms with Crippen LogP contribution in [0, 0.1) is 0 Å². The molecule has 0 radical (unpaired) electrons. The molecule has 0 spiro atoms. The summed E-state index contributed by atoms with van der Waals surface area (Å²) in [6, 6.07) is 13.4. The van der Waals surface area contributed by atoms with Gasteiger partial charge in [0.15, 0.2) is 11.5 Å². The molecule has 4 rings (SSSR count). The zero-order valence-corrected chi connectivity index (χ0v) is 13.7. The van der Waals surface area contributed by atoms with Crippen molar-refractivity contribution in [1.29, 1.82) is 0 Å². The molecule has 0 atom stereocenters. The summed E-state index contributed by atoms with van der Waals surface area (Å²) in [5.41, 5.74) is 1.88. The highest BCUT2D eigenvalue weighted by atomic mass is 32.2. The van der Waals surface area contributed by atoms with Crippen LogP contribution in [0.15, 0.2) is 52.1 Å². The topological polar surface area (TPSA) is 66.6 Å². The fraction of sp³-hybridized carbons (Fsp3) is 0.176. The number of benzene rings is 2. The second kappa shape index (κ2) is 6.45. The van der Waals surface area contributed by atoms with E-state index in [9.17, 15) is 0 Å². The van der Waals surface area contributed by atoms with Gasteiger partial charge < -0.3 is 18.6 Å². The molecule has 2 heterocycles. The lowest BCUT2D eigenvalue weighted by atomic mass is 10.2. The zero-order chi connectivity index (χ0) is 16.4. The molecule has 24 heavy (non-hydrogen) atoms. The number of hydrogen-bond acceptors (Lipinski definition) is 7. The molecule has 0 amide bonds. The number of aromatic nitrogens is 2. The molecule has 6 nitrogen and oxygen atoms in total. The Hall–Kier alpha value is -2.67. The minimum Gasteiger partial charge on any atom is -0.496 e. The highest BCUT2D eigenvalue weighted by Gasteiger charge is 2.17. The number of para-hydroxylation sites is 1. The van der Waals surface area contributed by atoms with Crippen molar-refractivity contribution in [1.82, 2.24) is 10.2 Å². The third-order valence-corrected chi connectivity index (χ3v) is 4.44. The number of thioether (sulfide) groups is 1. The first-order chi connectivity index (χ1) is 11.8. The number of hydrogen-bond donors (Lipinski definition) is 0. The van der Waals surface area contributed by atoms with Crippen LogP contribution in [-0.4, -0.2) is 24.1 Å². The summed E-state index contributed by atoms with van der Waals surface area (Å²) in [7, 11) is 1.66. The Morgan fingerprint density at radius 2 is 1.96 bits per heavy atom. The summed E-state index contributed by atoms with van der Waals surface area (Å²) in [6.45, 7) is 0.239. The van der Waals surface area contributed by atoms with Crippen molar-refractivity contribution in [3.8, 4) is 28.7 Å². The third-order valence-electron chi connectivity index (χ3n) is 3.57. The van der Waals surface area contributed by atoms with Gasteiger partial charge in [-0.25, -0.2) is 0 Å². The minimum absolute atomic E-state index is 0.239. The van der Waals surface area contributed by atoms with Crippen molar-refractivity contribution >= 4 is 11.8 Å². The molecule has 1 aliphatic heterocycles. The molecule has 0 saturated carbocycles. The lowest BCUT2D eigenvalue weighted by Gasteiger charge is -2.05. The zero-order valence-electron chi connectivity index (χ0n) is 12.9. The molecule has 0 aliphatic carbocycles. The fourth-order valence-electron chi connectivity index (χ4n) is 2.38. The molecular formula is C17H14N2O4S. The third kappa shape index (κ3) is 2.90. The van der Waals surface area contributed by atoms with E-state index in [1.807, 2.05) is 42.5 Å². The van der Waals surface area contributed by atoms with Crippen LogP contribution in [0.3, 0.4) is 0 Å². The summed E-state index contributed by atoms with van der Waals surface area (Å²) < 4.78 is 21.7. The van der Waals surface area contributed by atoms with Crippen LogP contribution >= 0.6 is 11.8 Å².